The molecule has 0 aliphatic carbocycles. The molecule has 2 aromatic carbocycles. The summed E-state index contributed by atoms with van der Waals surface area (Å²) in [6.07, 6.45) is 0. The van der Waals surface area contributed by atoms with Crippen LogP contribution in [-0.4, -0.2) is 10.5 Å². The standard InChI is InChI=1S/C23H22N2OS/c1-16-17(2)25(15-18-7-4-3-5-8-18)22-11-10-19(13-21(16)22)23(26)24-14-20-9-6-12-27-20/h3-13H,14-15H2,1-2H3,(H,24,26). The van der Waals surface area contributed by atoms with Crippen molar-refractivity contribution in [1.29, 1.82) is 0 Å². The fourth-order valence-electron chi connectivity index (χ4n) is 3.44. The Bertz CT molecular complexity index is 1080. The van der Waals surface area contributed by atoms with Gasteiger partial charge in [-0.25, -0.2) is 0 Å². The molecule has 0 saturated carbocycles. The Hall–Kier alpha value is -2.85. The fourth-order valence-corrected chi connectivity index (χ4v) is 4.09. The summed E-state index contributed by atoms with van der Waals surface area (Å²) in [6.45, 7) is 5.68. The van der Waals surface area contributed by atoms with Crippen molar-refractivity contribution in [2.45, 2.75) is 26.9 Å². The van der Waals surface area contributed by atoms with E-state index < -0.39 is 0 Å². The first-order valence-electron chi connectivity index (χ1n) is 9.07. The molecule has 0 aliphatic rings. The monoisotopic (exact) mass is 374 g/mol. The zero-order valence-corrected chi connectivity index (χ0v) is 16.3. The molecular formula is C23H22N2OS. The molecule has 2 aromatic heterocycles. The largest absolute Gasteiger partial charge is 0.347 e. The first kappa shape index (κ1) is 17.6. The van der Waals surface area contributed by atoms with Crippen LogP contribution < -0.4 is 5.32 Å². The molecule has 1 N–H and O–H groups in total. The fraction of sp³-hybridized carbons (Fsp3) is 0.174. The normalized spacial score (nSPS) is 11.0. The second-order valence-electron chi connectivity index (χ2n) is 6.78. The summed E-state index contributed by atoms with van der Waals surface area (Å²) >= 11 is 1.65. The van der Waals surface area contributed by atoms with Crippen LogP contribution in [0.4, 0.5) is 0 Å². The molecule has 0 aliphatic heterocycles. The third-order valence-corrected chi connectivity index (χ3v) is 5.96. The Morgan fingerprint density at radius 1 is 1.04 bits per heavy atom. The highest BCUT2D eigenvalue weighted by molar-refractivity contribution is 7.09. The number of aromatic nitrogens is 1. The van der Waals surface area contributed by atoms with Crippen molar-refractivity contribution in [3.8, 4) is 0 Å². The van der Waals surface area contributed by atoms with Gasteiger partial charge < -0.3 is 9.88 Å². The number of rotatable bonds is 5. The minimum absolute atomic E-state index is 0.0295. The van der Waals surface area contributed by atoms with Gasteiger partial charge in [-0.05, 0) is 54.6 Å². The molecule has 27 heavy (non-hydrogen) atoms. The summed E-state index contributed by atoms with van der Waals surface area (Å²) in [5.41, 5.74) is 5.62. The molecular weight excluding hydrogens is 352 g/mol. The molecule has 1 amide bonds. The van der Waals surface area contributed by atoms with Crippen LogP contribution in [0.5, 0.6) is 0 Å². The average molecular weight is 375 g/mol. The second kappa shape index (κ2) is 7.41. The summed E-state index contributed by atoms with van der Waals surface area (Å²) in [5.74, 6) is -0.0295. The van der Waals surface area contributed by atoms with Crippen LogP contribution >= 0.6 is 11.3 Å². The van der Waals surface area contributed by atoms with Crippen LogP contribution in [0, 0.1) is 13.8 Å². The van der Waals surface area contributed by atoms with Gasteiger partial charge in [-0.2, -0.15) is 0 Å². The lowest BCUT2D eigenvalue weighted by atomic mass is 10.1. The summed E-state index contributed by atoms with van der Waals surface area (Å²) in [5, 5.41) is 6.18. The number of carbonyl (C=O) groups excluding carboxylic acids is 1. The molecule has 4 rings (SSSR count). The molecule has 0 spiro atoms. The molecule has 0 radical (unpaired) electrons. The van der Waals surface area contributed by atoms with Crippen LogP contribution in [0.1, 0.15) is 32.1 Å². The maximum absolute atomic E-state index is 12.6. The molecule has 4 aromatic rings. The van der Waals surface area contributed by atoms with Crippen LogP contribution in [0.25, 0.3) is 10.9 Å². The van der Waals surface area contributed by atoms with Crippen LogP contribution in [0.3, 0.4) is 0 Å². The van der Waals surface area contributed by atoms with Crippen molar-refractivity contribution in [3.63, 3.8) is 0 Å². The number of aryl methyl sites for hydroxylation is 1. The van der Waals surface area contributed by atoms with E-state index in [4.69, 9.17) is 0 Å². The van der Waals surface area contributed by atoms with Gasteiger partial charge in [0.25, 0.3) is 5.91 Å². The van der Waals surface area contributed by atoms with Gasteiger partial charge in [0.2, 0.25) is 0 Å². The molecule has 136 valence electrons. The lowest BCUT2D eigenvalue weighted by Gasteiger charge is -2.09. The highest BCUT2D eigenvalue weighted by Gasteiger charge is 2.14. The molecule has 3 nitrogen and oxygen atoms in total. The van der Waals surface area contributed by atoms with Gasteiger partial charge in [-0.3, -0.25) is 4.79 Å². The van der Waals surface area contributed by atoms with Crippen LogP contribution in [0.15, 0.2) is 66.0 Å². The van der Waals surface area contributed by atoms with Crippen LogP contribution in [0.2, 0.25) is 0 Å². The number of hydrogen-bond acceptors (Lipinski definition) is 2. The zero-order valence-electron chi connectivity index (χ0n) is 15.5. The quantitative estimate of drug-likeness (QED) is 0.505. The predicted octanol–water partition coefficient (Wildman–Crippen LogP) is 5.30. The number of amides is 1. The minimum Gasteiger partial charge on any atom is -0.347 e. The van der Waals surface area contributed by atoms with E-state index in [0.29, 0.717) is 12.1 Å². The lowest BCUT2D eigenvalue weighted by molar-refractivity contribution is 0.0951. The topological polar surface area (TPSA) is 34.0 Å². The van der Waals surface area contributed by atoms with Crippen molar-refractivity contribution in [1.82, 2.24) is 9.88 Å². The average Bonchev–Trinajstić information content (AvgIpc) is 3.30. The van der Waals surface area contributed by atoms with Gasteiger partial charge in [0.05, 0.1) is 6.54 Å². The van der Waals surface area contributed by atoms with Gasteiger partial charge in [0, 0.05) is 33.6 Å². The lowest BCUT2D eigenvalue weighted by Crippen LogP contribution is -2.22. The Kier molecular flexibility index (Phi) is 4.82. The summed E-state index contributed by atoms with van der Waals surface area (Å²) in [4.78, 5) is 13.7. The Morgan fingerprint density at radius 2 is 1.85 bits per heavy atom. The summed E-state index contributed by atoms with van der Waals surface area (Å²) in [7, 11) is 0. The van der Waals surface area contributed by atoms with Crippen molar-refractivity contribution >= 4 is 28.1 Å². The van der Waals surface area contributed by atoms with Gasteiger partial charge in [0.1, 0.15) is 0 Å². The van der Waals surface area contributed by atoms with Gasteiger partial charge in [0.15, 0.2) is 0 Å². The summed E-state index contributed by atoms with van der Waals surface area (Å²) < 4.78 is 2.33. The SMILES string of the molecule is Cc1c(C)n(Cc2ccccc2)c2ccc(C(=O)NCc3cccs3)cc12. The first-order valence-corrected chi connectivity index (χ1v) is 9.95. The van der Waals surface area contributed by atoms with Crippen molar-refractivity contribution in [2.75, 3.05) is 0 Å². The number of benzene rings is 2. The third-order valence-electron chi connectivity index (χ3n) is 5.09. The van der Waals surface area contributed by atoms with E-state index in [1.807, 2.05) is 35.7 Å². The van der Waals surface area contributed by atoms with Gasteiger partial charge in [-0.15, -0.1) is 11.3 Å². The van der Waals surface area contributed by atoms with E-state index in [1.54, 1.807) is 11.3 Å². The summed E-state index contributed by atoms with van der Waals surface area (Å²) in [6, 6.07) is 20.5. The number of hydrogen-bond donors (Lipinski definition) is 1. The maximum atomic E-state index is 12.6. The van der Waals surface area contributed by atoms with Crippen molar-refractivity contribution < 1.29 is 4.79 Å². The number of nitrogens with one attached hydrogen (secondary N) is 1. The van der Waals surface area contributed by atoms with Crippen LogP contribution in [-0.2, 0) is 13.1 Å². The maximum Gasteiger partial charge on any atom is 0.251 e. The van der Waals surface area contributed by atoms with E-state index in [-0.39, 0.29) is 5.91 Å². The van der Waals surface area contributed by atoms with E-state index in [1.165, 1.54) is 22.3 Å². The molecule has 0 fully saturated rings. The highest BCUT2D eigenvalue weighted by Crippen LogP contribution is 2.27. The Labute approximate surface area is 163 Å². The number of fused-ring (bicyclic) bond motifs is 1. The third kappa shape index (κ3) is 3.53. The molecule has 0 unspecified atom stereocenters. The Balaban J connectivity index is 1.62. The molecule has 0 atom stereocenters. The van der Waals surface area contributed by atoms with Crippen molar-refractivity contribution in [3.05, 3.63) is 93.3 Å². The minimum atomic E-state index is -0.0295. The van der Waals surface area contributed by atoms with E-state index >= 15 is 0 Å². The number of thiophene rings is 1. The van der Waals surface area contributed by atoms with E-state index in [0.717, 1.165) is 16.8 Å². The second-order valence-corrected chi connectivity index (χ2v) is 7.81. The molecule has 0 saturated heterocycles. The van der Waals surface area contributed by atoms with Gasteiger partial charge >= 0.3 is 0 Å². The van der Waals surface area contributed by atoms with E-state index in [2.05, 4.69) is 54.1 Å². The molecule has 4 heteroatoms. The first-order chi connectivity index (χ1) is 13.1. The molecule has 0 bridgehead atoms. The Morgan fingerprint density at radius 3 is 2.59 bits per heavy atom. The molecule has 2 heterocycles. The van der Waals surface area contributed by atoms with Gasteiger partial charge in [-0.1, -0.05) is 36.4 Å². The number of carbonyl (C=O) groups is 1. The zero-order chi connectivity index (χ0) is 18.8. The predicted molar refractivity (Wildman–Crippen MR) is 112 cm³/mol. The van der Waals surface area contributed by atoms with Crippen molar-refractivity contribution in [2.24, 2.45) is 0 Å². The smallest absolute Gasteiger partial charge is 0.251 e. The van der Waals surface area contributed by atoms with E-state index in [9.17, 15) is 4.79 Å². The highest BCUT2D eigenvalue weighted by atomic mass is 32.1. The number of nitrogens with zero attached hydrogens (tertiary/aromatic N) is 1.